The number of nitrogens with zero attached hydrogens (tertiary/aromatic N) is 3. The van der Waals surface area contributed by atoms with Gasteiger partial charge in [0.05, 0.1) is 6.04 Å². The SMILES string of the molecule is CC(C)n1nc2ccc(CCN)cc2n1. The topological polar surface area (TPSA) is 56.7 Å². The minimum Gasteiger partial charge on any atom is -0.330 e. The summed E-state index contributed by atoms with van der Waals surface area (Å²) in [5.41, 5.74) is 8.64. The molecule has 1 heterocycles. The van der Waals surface area contributed by atoms with Gasteiger partial charge in [0.1, 0.15) is 11.0 Å². The van der Waals surface area contributed by atoms with Crippen LogP contribution in [0.4, 0.5) is 0 Å². The third-order valence-corrected chi connectivity index (χ3v) is 2.36. The normalized spacial score (nSPS) is 11.5. The van der Waals surface area contributed by atoms with Crippen molar-refractivity contribution in [1.29, 1.82) is 0 Å². The Bertz CT molecular complexity index is 459. The maximum absolute atomic E-state index is 5.52. The molecule has 0 saturated heterocycles. The maximum Gasteiger partial charge on any atom is 0.113 e. The van der Waals surface area contributed by atoms with Gasteiger partial charge in [-0.1, -0.05) is 6.07 Å². The number of benzene rings is 1. The summed E-state index contributed by atoms with van der Waals surface area (Å²) in [6.07, 6.45) is 0.893. The molecule has 0 fully saturated rings. The van der Waals surface area contributed by atoms with Gasteiger partial charge in [-0.25, -0.2) is 0 Å². The van der Waals surface area contributed by atoms with Crippen molar-refractivity contribution in [3.8, 4) is 0 Å². The molecule has 1 aromatic carbocycles. The molecule has 0 atom stereocenters. The highest BCUT2D eigenvalue weighted by molar-refractivity contribution is 5.74. The van der Waals surface area contributed by atoms with Crippen LogP contribution in [0.15, 0.2) is 18.2 Å². The molecule has 0 aliphatic carbocycles. The summed E-state index contributed by atoms with van der Waals surface area (Å²) in [7, 11) is 0. The van der Waals surface area contributed by atoms with Gasteiger partial charge in [-0.2, -0.15) is 15.0 Å². The molecule has 4 nitrogen and oxygen atoms in total. The highest BCUT2D eigenvalue weighted by atomic mass is 15.5. The summed E-state index contributed by atoms with van der Waals surface area (Å²) in [6.45, 7) is 4.81. The van der Waals surface area contributed by atoms with Crippen LogP contribution >= 0.6 is 0 Å². The van der Waals surface area contributed by atoms with Crippen LogP contribution in [-0.2, 0) is 6.42 Å². The third kappa shape index (κ3) is 1.99. The van der Waals surface area contributed by atoms with E-state index in [0.29, 0.717) is 12.6 Å². The van der Waals surface area contributed by atoms with Crippen LogP contribution in [0.1, 0.15) is 25.5 Å². The minimum absolute atomic E-state index is 0.301. The highest BCUT2D eigenvalue weighted by Gasteiger charge is 2.05. The lowest BCUT2D eigenvalue weighted by molar-refractivity contribution is 0.472. The lowest BCUT2D eigenvalue weighted by atomic mass is 10.1. The molecule has 4 heteroatoms. The molecule has 0 aliphatic heterocycles. The Balaban J connectivity index is 2.43. The zero-order valence-electron chi connectivity index (χ0n) is 9.14. The summed E-state index contributed by atoms with van der Waals surface area (Å²) in [5, 5.41) is 8.81. The van der Waals surface area contributed by atoms with Gasteiger partial charge in [0.15, 0.2) is 0 Å². The summed E-state index contributed by atoms with van der Waals surface area (Å²) in [4.78, 5) is 1.75. The van der Waals surface area contributed by atoms with Crippen LogP contribution in [0, 0.1) is 0 Å². The van der Waals surface area contributed by atoms with E-state index in [0.717, 1.165) is 17.5 Å². The van der Waals surface area contributed by atoms with Crippen molar-refractivity contribution >= 4 is 11.0 Å². The van der Waals surface area contributed by atoms with Gasteiger partial charge in [-0.3, -0.25) is 0 Å². The van der Waals surface area contributed by atoms with Crippen LogP contribution in [0.5, 0.6) is 0 Å². The van der Waals surface area contributed by atoms with Crippen LogP contribution < -0.4 is 5.73 Å². The maximum atomic E-state index is 5.52. The van der Waals surface area contributed by atoms with Crippen LogP contribution in [0.3, 0.4) is 0 Å². The molecule has 80 valence electrons. The number of rotatable bonds is 3. The van der Waals surface area contributed by atoms with Gasteiger partial charge >= 0.3 is 0 Å². The number of aromatic nitrogens is 3. The van der Waals surface area contributed by atoms with Crippen LogP contribution in [0.2, 0.25) is 0 Å². The predicted octanol–water partition coefficient (Wildman–Crippen LogP) is 1.51. The second-order valence-corrected chi connectivity index (χ2v) is 3.98. The molecule has 0 aliphatic rings. The number of hydrogen-bond donors (Lipinski definition) is 1. The van der Waals surface area contributed by atoms with Crippen molar-refractivity contribution in [2.75, 3.05) is 6.54 Å². The zero-order valence-corrected chi connectivity index (χ0v) is 9.14. The molecule has 2 N–H and O–H groups in total. The standard InChI is InChI=1S/C11H16N4/c1-8(2)15-13-10-4-3-9(5-6-12)7-11(10)14-15/h3-4,7-8H,5-6,12H2,1-2H3. The molecule has 0 bridgehead atoms. The van der Waals surface area contributed by atoms with Gasteiger partial charge in [0.2, 0.25) is 0 Å². The first-order valence-electron chi connectivity index (χ1n) is 5.26. The van der Waals surface area contributed by atoms with Crippen molar-refractivity contribution in [3.05, 3.63) is 23.8 Å². The van der Waals surface area contributed by atoms with Crippen molar-refractivity contribution in [2.45, 2.75) is 26.3 Å². The van der Waals surface area contributed by atoms with Crippen molar-refractivity contribution in [3.63, 3.8) is 0 Å². The second kappa shape index (κ2) is 3.98. The van der Waals surface area contributed by atoms with E-state index in [4.69, 9.17) is 5.73 Å². The summed E-state index contributed by atoms with van der Waals surface area (Å²) in [5.74, 6) is 0. The Labute approximate surface area is 89.1 Å². The molecular formula is C11H16N4. The van der Waals surface area contributed by atoms with Gasteiger partial charge in [-0.15, -0.1) is 0 Å². The molecule has 0 radical (unpaired) electrons. The monoisotopic (exact) mass is 204 g/mol. The number of nitrogens with two attached hydrogens (primary N) is 1. The van der Waals surface area contributed by atoms with Gasteiger partial charge in [-0.05, 0) is 44.5 Å². The molecule has 1 aromatic heterocycles. The molecule has 2 rings (SSSR count). The van der Waals surface area contributed by atoms with Gasteiger partial charge in [0.25, 0.3) is 0 Å². The summed E-state index contributed by atoms with van der Waals surface area (Å²) < 4.78 is 0. The quantitative estimate of drug-likeness (QED) is 0.824. The molecule has 0 unspecified atom stereocenters. The number of fused-ring (bicyclic) bond motifs is 1. The van der Waals surface area contributed by atoms with E-state index in [2.05, 4.69) is 36.2 Å². The Morgan fingerprint density at radius 2 is 2.00 bits per heavy atom. The first kappa shape index (κ1) is 10.1. The lowest BCUT2D eigenvalue weighted by Gasteiger charge is -1.99. The summed E-state index contributed by atoms with van der Waals surface area (Å²) in [6, 6.07) is 6.44. The predicted molar refractivity (Wildman–Crippen MR) is 60.7 cm³/mol. The molecule has 0 amide bonds. The average Bonchev–Trinajstić information content (AvgIpc) is 2.61. The van der Waals surface area contributed by atoms with E-state index in [1.807, 2.05) is 6.07 Å². The largest absolute Gasteiger partial charge is 0.330 e. The third-order valence-electron chi connectivity index (χ3n) is 2.36. The van der Waals surface area contributed by atoms with Crippen LogP contribution in [-0.4, -0.2) is 21.5 Å². The average molecular weight is 204 g/mol. The van der Waals surface area contributed by atoms with E-state index in [1.54, 1.807) is 4.80 Å². The molecule has 0 saturated carbocycles. The highest BCUT2D eigenvalue weighted by Crippen LogP contribution is 2.13. The zero-order chi connectivity index (χ0) is 10.8. The van der Waals surface area contributed by atoms with Crippen molar-refractivity contribution in [1.82, 2.24) is 15.0 Å². The van der Waals surface area contributed by atoms with Crippen LogP contribution in [0.25, 0.3) is 11.0 Å². The van der Waals surface area contributed by atoms with Gasteiger partial charge in [0, 0.05) is 0 Å². The van der Waals surface area contributed by atoms with Gasteiger partial charge < -0.3 is 5.73 Å². The van der Waals surface area contributed by atoms with Crippen molar-refractivity contribution < 1.29 is 0 Å². The van der Waals surface area contributed by atoms with Crippen molar-refractivity contribution in [2.24, 2.45) is 5.73 Å². The number of hydrogen-bond acceptors (Lipinski definition) is 3. The Morgan fingerprint density at radius 1 is 1.27 bits per heavy atom. The molecule has 2 aromatic rings. The smallest absolute Gasteiger partial charge is 0.113 e. The van der Waals surface area contributed by atoms with E-state index < -0.39 is 0 Å². The molecule has 0 spiro atoms. The molecule has 15 heavy (non-hydrogen) atoms. The minimum atomic E-state index is 0.301. The fraction of sp³-hybridized carbons (Fsp3) is 0.455. The fourth-order valence-corrected chi connectivity index (χ4v) is 1.53. The van der Waals surface area contributed by atoms with E-state index in [1.165, 1.54) is 5.56 Å². The van der Waals surface area contributed by atoms with E-state index in [9.17, 15) is 0 Å². The second-order valence-electron chi connectivity index (χ2n) is 3.98. The summed E-state index contributed by atoms with van der Waals surface area (Å²) >= 11 is 0. The van der Waals surface area contributed by atoms with E-state index >= 15 is 0 Å². The molecular weight excluding hydrogens is 188 g/mol. The first-order valence-corrected chi connectivity index (χ1v) is 5.26. The lowest BCUT2D eigenvalue weighted by Crippen LogP contribution is -2.04. The first-order chi connectivity index (χ1) is 7.20. The fourth-order valence-electron chi connectivity index (χ4n) is 1.53. The Hall–Kier alpha value is -1.42. The Morgan fingerprint density at radius 3 is 2.67 bits per heavy atom. The van der Waals surface area contributed by atoms with E-state index in [-0.39, 0.29) is 0 Å². The Kier molecular flexibility index (Phi) is 2.68.